The van der Waals surface area contributed by atoms with Crippen LogP contribution < -0.4 is 19.8 Å². The number of fused-ring (bicyclic) bond motifs is 1. The van der Waals surface area contributed by atoms with Crippen molar-refractivity contribution < 1.29 is 24.1 Å². The molecule has 158 valence electrons. The van der Waals surface area contributed by atoms with Crippen molar-refractivity contribution >= 4 is 16.9 Å². The first-order chi connectivity index (χ1) is 14.3. The lowest BCUT2D eigenvalue weighted by Crippen LogP contribution is -2.35. The summed E-state index contributed by atoms with van der Waals surface area (Å²) in [6.45, 7) is 3.50. The predicted molar refractivity (Wildman–Crippen MR) is 113 cm³/mol. The number of para-hydroxylation sites is 1. The number of carbonyl (C=O) groups is 1. The number of carboxylic acids is 1. The van der Waals surface area contributed by atoms with Crippen LogP contribution in [0.25, 0.3) is 22.3 Å². The van der Waals surface area contributed by atoms with Crippen molar-refractivity contribution in [1.29, 1.82) is 0 Å². The highest BCUT2D eigenvalue weighted by molar-refractivity contribution is 5.82. The maximum atomic E-state index is 13.4. The minimum absolute atomic E-state index is 0.207. The largest absolute Gasteiger partial charge is 0.493 e. The fourth-order valence-corrected chi connectivity index (χ4v) is 3.51. The summed E-state index contributed by atoms with van der Waals surface area (Å²) in [4.78, 5) is 30.1. The van der Waals surface area contributed by atoms with Crippen molar-refractivity contribution in [3.8, 4) is 28.6 Å². The van der Waals surface area contributed by atoms with Crippen molar-refractivity contribution in [2.75, 3.05) is 21.3 Å². The first-order valence-electron chi connectivity index (χ1n) is 9.38. The summed E-state index contributed by atoms with van der Waals surface area (Å²) in [7, 11) is 4.45. The molecule has 0 saturated carbocycles. The van der Waals surface area contributed by atoms with Crippen LogP contribution in [0.2, 0.25) is 0 Å². The monoisotopic (exact) mass is 412 g/mol. The zero-order chi connectivity index (χ0) is 22.0. The number of rotatable bonds is 7. The number of ether oxygens (including phenoxy) is 3. The van der Waals surface area contributed by atoms with Gasteiger partial charge in [-0.15, -0.1) is 0 Å². The van der Waals surface area contributed by atoms with Crippen LogP contribution in [0.5, 0.6) is 17.2 Å². The summed E-state index contributed by atoms with van der Waals surface area (Å²) in [5.41, 5.74) is 0.514. The van der Waals surface area contributed by atoms with E-state index in [9.17, 15) is 14.7 Å². The van der Waals surface area contributed by atoms with Crippen LogP contribution in [0.15, 0.2) is 41.2 Å². The molecule has 0 aliphatic heterocycles. The van der Waals surface area contributed by atoms with Crippen LogP contribution in [-0.4, -0.2) is 42.0 Å². The molecule has 0 aliphatic carbocycles. The molecule has 0 amide bonds. The smallest absolute Gasteiger partial charge is 0.327 e. The molecule has 3 aromatic rings. The molecule has 1 heterocycles. The molecule has 1 unspecified atom stereocenters. The van der Waals surface area contributed by atoms with Gasteiger partial charge in [0.25, 0.3) is 5.56 Å². The molecule has 0 aliphatic rings. The first-order valence-corrected chi connectivity index (χ1v) is 9.38. The fraction of sp³-hybridized carbons (Fsp3) is 0.318. The number of benzene rings is 2. The Bertz CT molecular complexity index is 1130. The number of methoxy groups -OCH3 is 3. The lowest BCUT2D eigenvalue weighted by molar-refractivity contribution is -0.142. The Morgan fingerprint density at radius 1 is 1.03 bits per heavy atom. The third-order valence-electron chi connectivity index (χ3n) is 4.89. The van der Waals surface area contributed by atoms with E-state index in [0.717, 1.165) is 0 Å². The molecular weight excluding hydrogens is 388 g/mol. The molecule has 1 atom stereocenters. The van der Waals surface area contributed by atoms with Crippen molar-refractivity contribution in [3.05, 3.63) is 46.8 Å². The summed E-state index contributed by atoms with van der Waals surface area (Å²) in [5, 5.41) is 10.2. The second kappa shape index (κ2) is 8.44. The molecule has 1 aromatic heterocycles. The molecule has 0 saturated heterocycles. The number of aliphatic carboxylic acids is 1. The zero-order valence-corrected chi connectivity index (χ0v) is 17.5. The van der Waals surface area contributed by atoms with Crippen LogP contribution in [0.1, 0.15) is 19.9 Å². The summed E-state index contributed by atoms with van der Waals surface area (Å²) in [6, 6.07) is 9.03. The van der Waals surface area contributed by atoms with E-state index in [-0.39, 0.29) is 11.7 Å². The molecule has 1 N–H and O–H groups in total. The van der Waals surface area contributed by atoms with Gasteiger partial charge in [-0.3, -0.25) is 9.36 Å². The van der Waals surface area contributed by atoms with Gasteiger partial charge in [0, 0.05) is 5.56 Å². The lowest BCUT2D eigenvalue weighted by Gasteiger charge is -2.23. The van der Waals surface area contributed by atoms with Crippen LogP contribution in [-0.2, 0) is 4.79 Å². The van der Waals surface area contributed by atoms with E-state index in [4.69, 9.17) is 14.2 Å². The highest BCUT2D eigenvalue weighted by Crippen LogP contribution is 2.41. The van der Waals surface area contributed by atoms with E-state index in [1.807, 2.05) is 0 Å². The Kier molecular flexibility index (Phi) is 5.96. The summed E-state index contributed by atoms with van der Waals surface area (Å²) in [5.74, 6) is -0.132. The SMILES string of the molecule is COc1cc(-c2nc3ccccc3c(=O)n2C(C(=O)O)C(C)C)cc(OC)c1OC. The molecule has 3 rings (SSSR count). The van der Waals surface area contributed by atoms with Crippen LogP contribution >= 0.6 is 0 Å². The third kappa shape index (κ3) is 3.56. The van der Waals surface area contributed by atoms with Crippen molar-refractivity contribution in [3.63, 3.8) is 0 Å². The quantitative estimate of drug-likeness (QED) is 0.635. The van der Waals surface area contributed by atoms with Gasteiger partial charge in [0.2, 0.25) is 5.75 Å². The fourth-order valence-electron chi connectivity index (χ4n) is 3.51. The summed E-state index contributed by atoms with van der Waals surface area (Å²) < 4.78 is 17.4. The Balaban J connectivity index is 2.45. The Morgan fingerprint density at radius 3 is 2.13 bits per heavy atom. The van der Waals surface area contributed by atoms with E-state index >= 15 is 0 Å². The van der Waals surface area contributed by atoms with E-state index in [0.29, 0.717) is 33.7 Å². The zero-order valence-electron chi connectivity index (χ0n) is 17.5. The summed E-state index contributed by atoms with van der Waals surface area (Å²) >= 11 is 0. The van der Waals surface area contributed by atoms with Crippen LogP contribution in [0.3, 0.4) is 0 Å². The summed E-state index contributed by atoms with van der Waals surface area (Å²) in [6.07, 6.45) is 0. The number of aromatic nitrogens is 2. The minimum atomic E-state index is -1.11. The Hall–Kier alpha value is -3.55. The molecule has 30 heavy (non-hydrogen) atoms. The van der Waals surface area contributed by atoms with Gasteiger partial charge in [0.05, 0.1) is 32.2 Å². The second-order valence-corrected chi connectivity index (χ2v) is 7.07. The van der Waals surface area contributed by atoms with Crippen LogP contribution in [0, 0.1) is 5.92 Å². The van der Waals surface area contributed by atoms with E-state index in [1.54, 1.807) is 50.2 Å². The van der Waals surface area contributed by atoms with Gasteiger partial charge in [-0.25, -0.2) is 9.78 Å². The molecule has 0 spiro atoms. The van der Waals surface area contributed by atoms with Gasteiger partial charge < -0.3 is 19.3 Å². The second-order valence-electron chi connectivity index (χ2n) is 7.07. The van der Waals surface area contributed by atoms with Gasteiger partial charge in [0.15, 0.2) is 11.5 Å². The Morgan fingerprint density at radius 2 is 1.63 bits per heavy atom. The van der Waals surface area contributed by atoms with Gasteiger partial charge >= 0.3 is 5.97 Å². The first kappa shape index (κ1) is 21.2. The van der Waals surface area contributed by atoms with Crippen molar-refractivity contribution in [2.24, 2.45) is 5.92 Å². The van der Waals surface area contributed by atoms with Crippen molar-refractivity contribution in [1.82, 2.24) is 9.55 Å². The van der Waals surface area contributed by atoms with Gasteiger partial charge in [-0.05, 0) is 30.2 Å². The topological polar surface area (TPSA) is 99.9 Å². The predicted octanol–water partition coefficient (Wildman–Crippen LogP) is 3.37. The molecule has 0 bridgehead atoms. The molecular formula is C22H24N2O6. The highest BCUT2D eigenvalue weighted by Gasteiger charge is 2.29. The number of carboxylic acid groups (broad SMARTS) is 1. The molecule has 0 radical (unpaired) electrons. The highest BCUT2D eigenvalue weighted by atomic mass is 16.5. The van der Waals surface area contributed by atoms with E-state index in [1.165, 1.54) is 25.9 Å². The number of hydrogen-bond donors (Lipinski definition) is 1. The third-order valence-corrected chi connectivity index (χ3v) is 4.89. The van der Waals surface area contributed by atoms with Gasteiger partial charge in [0.1, 0.15) is 11.9 Å². The molecule has 8 nitrogen and oxygen atoms in total. The average Bonchev–Trinajstić information content (AvgIpc) is 2.73. The Labute approximate surface area is 173 Å². The van der Waals surface area contributed by atoms with E-state index in [2.05, 4.69) is 4.98 Å². The number of nitrogens with zero attached hydrogens (tertiary/aromatic N) is 2. The van der Waals surface area contributed by atoms with Gasteiger partial charge in [-0.1, -0.05) is 26.0 Å². The normalized spacial score (nSPS) is 12.1. The molecule has 2 aromatic carbocycles. The number of hydrogen-bond acceptors (Lipinski definition) is 6. The lowest BCUT2D eigenvalue weighted by atomic mass is 10.0. The minimum Gasteiger partial charge on any atom is -0.493 e. The maximum Gasteiger partial charge on any atom is 0.327 e. The van der Waals surface area contributed by atoms with Crippen LogP contribution in [0.4, 0.5) is 0 Å². The van der Waals surface area contributed by atoms with Crippen molar-refractivity contribution in [2.45, 2.75) is 19.9 Å². The standard InChI is InChI=1S/C22H24N2O6/c1-12(2)18(22(26)27)24-20(23-15-9-7-6-8-14(15)21(24)25)13-10-16(28-3)19(30-5)17(11-13)29-4/h6-12,18H,1-5H3,(H,26,27). The van der Waals surface area contributed by atoms with Gasteiger partial charge in [-0.2, -0.15) is 0 Å². The maximum absolute atomic E-state index is 13.4. The van der Waals surface area contributed by atoms with E-state index < -0.39 is 17.6 Å². The average molecular weight is 412 g/mol. The molecule has 0 fully saturated rings. The molecule has 8 heteroatoms.